The molecule has 0 radical (unpaired) electrons. The predicted molar refractivity (Wildman–Crippen MR) is 74.9 cm³/mol. The summed E-state index contributed by atoms with van der Waals surface area (Å²) >= 11 is 0. The summed E-state index contributed by atoms with van der Waals surface area (Å²) in [5.74, 6) is 0.158. The maximum absolute atomic E-state index is 12.2. The molecule has 112 valence electrons. The van der Waals surface area contributed by atoms with Crippen molar-refractivity contribution in [3.63, 3.8) is 0 Å². The van der Waals surface area contributed by atoms with Crippen molar-refractivity contribution < 1.29 is 18.1 Å². The Morgan fingerprint density at radius 1 is 1.15 bits per heavy atom. The number of allylic oxidation sites excluding steroid dienone is 1. The van der Waals surface area contributed by atoms with Gasteiger partial charge in [-0.3, -0.25) is 13.9 Å². The van der Waals surface area contributed by atoms with Gasteiger partial charge in [0.2, 0.25) is 0 Å². The van der Waals surface area contributed by atoms with Crippen LogP contribution in [-0.4, -0.2) is 15.7 Å². The van der Waals surface area contributed by atoms with E-state index in [0.717, 1.165) is 43.5 Å². The molecule has 0 bridgehead atoms. The molecular weight excluding hydrogens is 278 g/mol. The molecule has 1 aromatic rings. The molecule has 1 aliphatic carbocycles. The summed E-state index contributed by atoms with van der Waals surface area (Å²) in [4.78, 5) is 24.1. The van der Waals surface area contributed by atoms with E-state index in [1.165, 1.54) is 4.57 Å². The van der Waals surface area contributed by atoms with Gasteiger partial charge in [-0.1, -0.05) is 12.5 Å². The Morgan fingerprint density at radius 3 is 2.50 bits per heavy atom. The smallest absolute Gasteiger partial charge is 0.330 e. The first-order chi connectivity index (χ1) is 9.07. The molecule has 1 unspecified atom stereocenters. The van der Waals surface area contributed by atoms with Crippen LogP contribution in [0, 0.1) is 0 Å². The lowest BCUT2D eigenvalue weighted by molar-refractivity contribution is -0.368. The highest BCUT2D eigenvalue weighted by molar-refractivity contribution is 5.58. The van der Waals surface area contributed by atoms with Gasteiger partial charge in [-0.25, -0.2) is 4.79 Å². The highest BCUT2D eigenvalue weighted by Gasteiger charge is 2.24. The lowest BCUT2D eigenvalue weighted by Gasteiger charge is -2.13. The number of fused-ring (bicyclic) bond motifs is 1. The minimum Gasteiger partial charge on any atom is -1.00 e. The monoisotopic (exact) mass is 299 g/mol. The number of aromatic nitrogens is 2. The Bertz CT molecular complexity index is 616. The normalized spacial score (nSPS) is 16.1. The number of hydrogen-bond donors (Lipinski definition) is 1. The Kier molecular flexibility index (Phi) is 5.77. The van der Waals surface area contributed by atoms with Crippen molar-refractivity contribution in [3.8, 4) is 0 Å². The first-order valence-electron chi connectivity index (χ1n) is 6.85. The molecule has 1 atom stereocenters. The molecule has 1 aliphatic rings. The van der Waals surface area contributed by atoms with Gasteiger partial charge in [0.25, 0.3) is 5.56 Å². The molecule has 6 heteroatoms. The van der Waals surface area contributed by atoms with E-state index in [1.54, 1.807) is 18.7 Å². The average Bonchev–Trinajstić information content (AvgIpc) is 2.83. The largest absolute Gasteiger partial charge is 1.00 e. The molecule has 0 amide bonds. The molecule has 5 nitrogen and oxygen atoms in total. The Balaban J connectivity index is 0.00000200. The van der Waals surface area contributed by atoms with E-state index in [-0.39, 0.29) is 29.6 Å². The van der Waals surface area contributed by atoms with Gasteiger partial charge in [-0.05, 0) is 25.3 Å². The molecular formula is C14H22ClN3O2. The van der Waals surface area contributed by atoms with Crippen molar-refractivity contribution in [1.82, 2.24) is 9.13 Å². The van der Waals surface area contributed by atoms with Gasteiger partial charge >= 0.3 is 5.69 Å². The zero-order valence-electron chi connectivity index (χ0n) is 12.1. The SMILES string of the molecule is Cn1c2c(c(=O)n(C)c1=O)C(CCCCC[NH3+])C=C2.[Cl-]. The first kappa shape index (κ1) is 16.7. The summed E-state index contributed by atoms with van der Waals surface area (Å²) in [6, 6.07) is 0. The summed E-state index contributed by atoms with van der Waals surface area (Å²) in [6.45, 7) is 0.966. The summed E-state index contributed by atoms with van der Waals surface area (Å²) in [5, 5.41) is 0. The molecule has 0 saturated carbocycles. The van der Waals surface area contributed by atoms with E-state index >= 15 is 0 Å². The second-order valence-electron chi connectivity index (χ2n) is 5.17. The van der Waals surface area contributed by atoms with Crippen LogP contribution in [0.25, 0.3) is 6.08 Å². The van der Waals surface area contributed by atoms with Gasteiger partial charge < -0.3 is 18.1 Å². The van der Waals surface area contributed by atoms with Crippen LogP contribution in [0.2, 0.25) is 0 Å². The zero-order valence-corrected chi connectivity index (χ0v) is 12.8. The molecule has 0 aliphatic heterocycles. The lowest BCUT2D eigenvalue weighted by Crippen LogP contribution is -3.00. The molecule has 0 aromatic carbocycles. The summed E-state index contributed by atoms with van der Waals surface area (Å²) < 4.78 is 2.76. The minimum absolute atomic E-state index is 0. The van der Waals surface area contributed by atoms with Crippen LogP contribution < -0.4 is 29.4 Å². The molecule has 0 spiro atoms. The second-order valence-corrected chi connectivity index (χ2v) is 5.17. The lowest BCUT2D eigenvalue weighted by atomic mass is 9.97. The summed E-state index contributed by atoms with van der Waals surface area (Å²) in [7, 11) is 3.26. The van der Waals surface area contributed by atoms with Crippen LogP contribution >= 0.6 is 0 Å². The minimum atomic E-state index is -0.258. The Labute approximate surface area is 124 Å². The van der Waals surface area contributed by atoms with Crippen molar-refractivity contribution >= 4 is 6.08 Å². The topological polar surface area (TPSA) is 71.6 Å². The highest BCUT2D eigenvalue weighted by atomic mass is 35.5. The quantitative estimate of drug-likeness (QED) is 0.589. The van der Waals surface area contributed by atoms with Crippen LogP contribution in [0.3, 0.4) is 0 Å². The fourth-order valence-corrected chi connectivity index (χ4v) is 2.70. The average molecular weight is 300 g/mol. The third-order valence-corrected chi connectivity index (χ3v) is 3.87. The molecule has 1 aromatic heterocycles. The van der Waals surface area contributed by atoms with E-state index < -0.39 is 0 Å². The fourth-order valence-electron chi connectivity index (χ4n) is 2.70. The van der Waals surface area contributed by atoms with Gasteiger partial charge in [0, 0.05) is 25.6 Å². The highest BCUT2D eigenvalue weighted by Crippen LogP contribution is 2.30. The number of nitrogens with zero attached hydrogens (tertiary/aromatic N) is 2. The molecule has 0 fully saturated rings. The standard InChI is InChI=1S/C14H21N3O2.ClH/c1-16-11-8-7-10(6-4-3-5-9-15)12(11)13(18)17(2)14(16)19;/h7-8,10H,3-6,9,15H2,1-2H3;1H. The summed E-state index contributed by atoms with van der Waals surface area (Å²) in [6.07, 6.45) is 8.30. The van der Waals surface area contributed by atoms with Gasteiger partial charge in [-0.15, -0.1) is 0 Å². The number of unbranched alkanes of at least 4 members (excludes halogenated alkanes) is 2. The zero-order chi connectivity index (χ0) is 14.0. The van der Waals surface area contributed by atoms with Crippen molar-refractivity contribution in [2.24, 2.45) is 14.1 Å². The Morgan fingerprint density at radius 2 is 1.85 bits per heavy atom. The fraction of sp³-hybridized carbons (Fsp3) is 0.571. The van der Waals surface area contributed by atoms with E-state index in [1.807, 2.05) is 6.08 Å². The van der Waals surface area contributed by atoms with Crippen molar-refractivity contribution in [3.05, 3.63) is 38.2 Å². The van der Waals surface area contributed by atoms with Crippen LogP contribution in [-0.2, 0) is 14.1 Å². The van der Waals surface area contributed by atoms with Gasteiger partial charge in [0.1, 0.15) is 0 Å². The third kappa shape index (κ3) is 2.88. The van der Waals surface area contributed by atoms with Crippen LogP contribution in [0.5, 0.6) is 0 Å². The maximum Gasteiger partial charge on any atom is 0.330 e. The van der Waals surface area contributed by atoms with Gasteiger partial charge in [0.05, 0.1) is 12.2 Å². The molecule has 1 heterocycles. The molecule has 3 N–H and O–H groups in total. The number of rotatable bonds is 5. The van der Waals surface area contributed by atoms with E-state index in [2.05, 4.69) is 11.8 Å². The van der Waals surface area contributed by atoms with E-state index in [4.69, 9.17) is 0 Å². The number of hydrogen-bond acceptors (Lipinski definition) is 2. The Hall–Kier alpha value is -1.33. The van der Waals surface area contributed by atoms with Crippen LogP contribution in [0.4, 0.5) is 0 Å². The predicted octanol–water partition coefficient (Wildman–Crippen LogP) is -3.00. The molecule has 0 saturated heterocycles. The van der Waals surface area contributed by atoms with Gasteiger partial charge in [0.15, 0.2) is 0 Å². The van der Waals surface area contributed by atoms with Gasteiger partial charge in [-0.2, -0.15) is 0 Å². The molecule has 20 heavy (non-hydrogen) atoms. The number of halogens is 1. The van der Waals surface area contributed by atoms with Crippen molar-refractivity contribution in [2.75, 3.05) is 6.54 Å². The van der Waals surface area contributed by atoms with E-state index in [0.29, 0.717) is 0 Å². The maximum atomic E-state index is 12.2. The van der Waals surface area contributed by atoms with Crippen LogP contribution in [0.1, 0.15) is 42.9 Å². The van der Waals surface area contributed by atoms with E-state index in [9.17, 15) is 9.59 Å². The first-order valence-corrected chi connectivity index (χ1v) is 6.85. The summed E-state index contributed by atoms with van der Waals surface area (Å²) in [5.41, 5.74) is 4.98. The molecule has 2 rings (SSSR count). The van der Waals surface area contributed by atoms with Crippen molar-refractivity contribution in [2.45, 2.75) is 31.6 Å². The van der Waals surface area contributed by atoms with Crippen molar-refractivity contribution in [1.29, 1.82) is 0 Å². The third-order valence-electron chi connectivity index (χ3n) is 3.87. The van der Waals surface area contributed by atoms with Crippen LogP contribution in [0.15, 0.2) is 15.7 Å². The second kappa shape index (κ2) is 6.90. The number of quaternary nitrogens is 1.